The van der Waals surface area contributed by atoms with E-state index >= 15 is 0 Å². The average molecular weight is 382 g/mol. The molecule has 0 amide bonds. The maximum Gasteiger partial charge on any atom is 0.231 e. The molecule has 7 heteroatoms. The van der Waals surface area contributed by atoms with E-state index in [9.17, 15) is 15.0 Å². The van der Waals surface area contributed by atoms with E-state index in [1.54, 1.807) is 18.2 Å². The van der Waals surface area contributed by atoms with Crippen molar-refractivity contribution in [2.24, 2.45) is 0 Å². The minimum Gasteiger partial charge on any atom is -0.507 e. The van der Waals surface area contributed by atoms with Gasteiger partial charge in [-0.15, -0.1) is 0 Å². The van der Waals surface area contributed by atoms with Gasteiger partial charge < -0.3 is 29.2 Å². The Hall–Kier alpha value is -3.35. The molecule has 0 aliphatic carbocycles. The highest BCUT2D eigenvalue weighted by atomic mass is 16.7. The highest BCUT2D eigenvalue weighted by Crippen LogP contribution is 2.48. The number of hydrogen-bond acceptors (Lipinski definition) is 7. The zero-order valence-corrected chi connectivity index (χ0v) is 15.3. The standard InChI is InChI=1S/C21H18O7/c1-21(2)4-3-10-14(28-21)7-17-18(19(10)23)20(24)12(8-25-17)11-5-15-16(6-13(11)22)27-9-26-15/h3-7,12,22-23H,8-9H2,1-2H3/t12-/m1/s1. The van der Waals surface area contributed by atoms with E-state index in [-0.39, 0.29) is 42.0 Å². The Labute approximate surface area is 160 Å². The van der Waals surface area contributed by atoms with E-state index in [0.29, 0.717) is 28.4 Å². The normalized spacial score (nSPS) is 20.8. The van der Waals surface area contributed by atoms with Crippen molar-refractivity contribution >= 4 is 11.9 Å². The monoisotopic (exact) mass is 382 g/mol. The van der Waals surface area contributed by atoms with Crippen LogP contribution in [-0.4, -0.2) is 35.0 Å². The quantitative estimate of drug-likeness (QED) is 0.781. The van der Waals surface area contributed by atoms with Crippen LogP contribution in [0.4, 0.5) is 0 Å². The fourth-order valence-electron chi connectivity index (χ4n) is 3.72. The van der Waals surface area contributed by atoms with E-state index in [2.05, 4.69) is 0 Å². The lowest BCUT2D eigenvalue weighted by molar-refractivity contribution is 0.0888. The van der Waals surface area contributed by atoms with Crippen LogP contribution in [-0.2, 0) is 0 Å². The number of fused-ring (bicyclic) bond motifs is 3. The molecule has 0 saturated heterocycles. The zero-order valence-electron chi connectivity index (χ0n) is 15.3. The summed E-state index contributed by atoms with van der Waals surface area (Å²) in [4.78, 5) is 13.2. The van der Waals surface area contributed by atoms with Gasteiger partial charge in [-0.2, -0.15) is 0 Å². The van der Waals surface area contributed by atoms with Crippen LogP contribution in [0.25, 0.3) is 6.08 Å². The van der Waals surface area contributed by atoms with Gasteiger partial charge in [-0.25, -0.2) is 0 Å². The van der Waals surface area contributed by atoms with Gasteiger partial charge >= 0.3 is 0 Å². The molecule has 28 heavy (non-hydrogen) atoms. The van der Waals surface area contributed by atoms with Crippen LogP contribution in [0.1, 0.15) is 41.3 Å². The fraction of sp³-hybridized carbons (Fsp3) is 0.286. The third-order valence-corrected chi connectivity index (χ3v) is 5.16. The molecule has 2 aromatic carbocycles. The molecule has 5 rings (SSSR count). The number of carbonyl (C=O) groups excluding carboxylic acids is 1. The Kier molecular flexibility index (Phi) is 3.34. The van der Waals surface area contributed by atoms with Gasteiger partial charge in [-0.1, -0.05) is 0 Å². The molecule has 3 aliphatic rings. The van der Waals surface area contributed by atoms with Gasteiger partial charge in [0, 0.05) is 17.7 Å². The van der Waals surface area contributed by atoms with Crippen molar-refractivity contribution in [1.29, 1.82) is 0 Å². The molecule has 2 aromatic rings. The molecule has 0 bridgehead atoms. The van der Waals surface area contributed by atoms with Crippen molar-refractivity contribution in [3.8, 4) is 34.5 Å². The third kappa shape index (κ3) is 2.39. The van der Waals surface area contributed by atoms with Gasteiger partial charge in [-0.05, 0) is 32.1 Å². The lowest BCUT2D eigenvalue weighted by Gasteiger charge is -2.31. The molecular weight excluding hydrogens is 364 g/mol. The number of ketones is 1. The molecular formula is C21H18O7. The number of rotatable bonds is 1. The van der Waals surface area contributed by atoms with Crippen molar-refractivity contribution < 1.29 is 34.0 Å². The molecule has 0 fully saturated rings. The number of hydrogen-bond donors (Lipinski definition) is 2. The molecule has 0 spiro atoms. The number of aromatic hydroxyl groups is 2. The van der Waals surface area contributed by atoms with Crippen LogP contribution in [0.5, 0.6) is 34.5 Å². The molecule has 0 unspecified atom stereocenters. The van der Waals surface area contributed by atoms with Gasteiger partial charge in [0.1, 0.15) is 40.8 Å². The number of ether oxygens (including phenoxy) is 4. The maximum atomic E-state index is 13.2. The van der Waals surface area contributed by atoms with Crippen molar-refractivity contribution in [2.75, 3.05) is 13.4 Å². The highest BCUT2D eigenvalue weighted by Gasteiger charge is 2.38. The highest BCUT2D eigenvalue weighted by molar-refractivity contribution is 6.08. The van der Waals surface area contributed by atoms with Gasteiger partial charge in [0.15, 0.2) is 17.3 Å². The number of carbonyl (C=O) groups is 1. The molecule has 0 radical (unpaired) electrons. The summed E-state index contributed by atoms with van der Waals surface area (Å²) >= 11 is 0. The third-order valence-electron chi connectivity index (χ3n) is 5.16. The zero-order chi connectivity index (χ0) is 19.6. The molecule has 2 N–H and O–H groups in total. The van der Waals surface area contributed by atoms with E-state index in [4.69, 9.17) is 18.9 Å². The Balaban J connectivity index is 1.58. The summed E-state index contributed by atoms with van der Waals surface area (Å²) in [5, 5.41) is 21.1. The Morgan fingerprint density at radius 2 is 1.75 bits per heavy atom. The van der Waals surface area contributed by atoms with Crippen LogP contribution < -0.4 is 18.9 Å². The van der Waals surface area contributed by atoms with Gasteiger partial charge in [0.2, 0.25) is 6.79 Å². The summed E-state index contributed by atoms with van der Waals surface area (Å²) in [7, 11) is 0. The van der Waals surface area contributed by atoms with Crippen LogP contribution in [0.3, 0.4) is 0 Å². The fourth-order valence-corrected chi connectivity index (χ4v) is 3.72. The summed E-state index contributed by atoms with van der Waals surface area (Å²) in [6.07, 6.45) is 3.56. The largest absolute Gasteiger partial charge is 0.507 e. The van der Waals surface area contributed by atoms with E-state index in [0.717, 1.165) is 0 Å². The molecule has 7 nitrogen and oxygen atoms in total. The van der Waals surface area contributed by atoms with Crippen molar-refractivity contribution in [3.63, 3.8) is 0 Å². The van der Waals surface area contributed by atoms with Crippen molar-refractivity contribution in [1.82, 2.24) is 0 Å². The maximum absolute atomic E-state index is 13.2. The lowest BCUT2D eigenvalue weighted by Crippen LogP contribution is -2.29. The minimum atomic E-state index is -0.782. The van der Waals surface area contributed by atoms with Crippen LogP contribution in [0.2, 0.25) is 0 Å². The minimum absolute atomic E-state index is 0.0243. The van der Waals surface area contributed by atoms with Crippen molar-refractivity contribution in [3.05, 3.63) is 41.0 Å². The summed E-state index contributed by atoms with van der Waals surface area (Å²) < 4.78 is 22.2. The molecule has 1 atom stereocenters. The number of phenolic OH excluding ortho intramolecular Hbond substituents is 2. The summed E-state index contributed by atoms with van der Waals surface area (Å²) in [6.45, 7) is 3.88. The number of Topliss-reactive ketones (excluding diaryl/α,β-unsaturated/α-hetero) is 1. The smallest absolute Gasteiger partial charge is 0.231 e. The Morgan fingerprint density at radius 3 is 2.54 bits per heavy atom. The predicted molar refractivity (Wildman–Crippen MR) is 98.6 cm³/mol. The topological polar surface area (TPSA) is 94.5 Å². The van der Waals surface area contributed by atoms with Crippen molar-refractivity contribution in [2.45, 2.75) is 25.4 Å². The van der Waals surface area contributed by atoms with Crippen LogP contribution in [0.15, 0.2) is 24.3 Å². The first-order chi connectivity index (χ1) is 13.3. The number of benzene rings is 2. The van der Waals surface area contributed by atoms with Gasteiger partial charge in [0.25, 0.3) is 0 Å². The summed E-state index contributed by atoms with van der Waals surface area (Å²) in [6, 6.07) is 4.63. The second-order valence-corrected chi connectivity index (χ2v) is 7.54. The lowest BCUT2D eigenvalue weighted by atomic mass is 9.86. The molecule has 0 saturated carbocycles. The van der Waals surface area contributed by atoms with Crippen LogP contribution in [0, 0.1) is 0 Å². The first-order valence-corrected chi connectivity index (χ1v) is 8.92. The van der Waals surface area contributed by atoms with E-state index in [1.807, 2.05) is 19.9 Å². The summed E-state index contributed by atoms with van der Waals surface area (Å²) in [5.41, 5.74) is 0.364. The second-order valence-electron chi connectivity index (χ2n) is 7.54. The molecule has 3 heterocycles. The summed E-state index contributed by atoms with van der Waals surface area (Å²) in [5.74, 6) is 0.216. The molecule has 144 valence electrons. The van der Waals surface area contributed by atoms with Crippen LogP contribution >= 0.6 is 0 Å². The Morgan fingerprint density at radius 1 is 1.00 bits per heavy atom. The molecule has 0 aromatic heterocycles. The van der Waals surface area contributed by atoms with Gasteiger partial charge in [-0.3, -0.25) is 4.79 Å². The predicted octanol–water partition coefficient (Wildman–Crippen LogP) is 3.37. The van der Waals surface area contributed by atoms with E-state index in [1.165, 1.54) is 6.07 Å². The SMILES string of the molecule is CC1(C)C=Cc2c(cc3c(c2O)C(=O)[C@@H](c2cc4c(cc2O)OCO4)CO3)O1. The Bertz CT molecular complexity index is 1050. The first-order valence-electron chi connectivity index (χ1n) is 8.92. The average Bonchev–Trinajstić information content (AvgIpc) is 3.07. The van der Waals surface area contributed by atoms with Gasteiger partial charge in [0.05, 0.1) is 11.5 Å². The molecule has 3 aliphatic heterocycles. The van der Waals surface area contributed by atoms with E-state index < -0.39 is 11.5 Å². The second kappa shape index (κ2) is 5.58. The first kappa shape index (κ1) is 16.8. The number of phenols is 2.